The molecular formula is C21H18Cl2N2O4. The second-order valence-electron chi connectivity index (χ2n) is 6.64. The van der Waals surface area contributed by atoms with Crippen LogP contribution in [-0.2, 0) is 9.59 Å². The fourth-order valence-electron chi connectivity index (χ4n) is 3.14. The summed E-state index contributed by atoms with van der Waals surface area (Å²) in [5, 5.41) is 2.13. The van der Waals surface area contributed by atoms with Crippen LogP contribution in [-0.4, -0.2) is 39.6 Å². The first-order valence-corrected chi connectivity index (χ1v) is 9.80. The first-order chi connectivity index (χ1) is 13.8. The van der Waals surface area contributed by atoms with Gasteiger partial charge in [0.1, 0.15) is 6.04 Å². The van der Waals surface area contributed by atoms with Crippen molar-refractivity contribution in [2.24, 2.45) is 0 Å². The zero-order chi connectivity index (χ0) is 21.1. The Kier molecular flexibility index (Phi) is 6.35. The Bertz CT molecular complexity index is 962. The van der Waals surface area contributed by atoms with Gasteiger partial charge in [-0.3, -0.25) is 19.2 Å². The molecule has 2 aromatic rings. The molecule has 1 saturated heterocycles. The van der Waals surface area contributed by atoms with E-state index in [0.29, 0.717) is 12.0 Å². The quantitative estimate of drug-likeness (QED) is 0.524. The number of halogens is 2. The Hall–Kier alpha value is -2.70. The van der Waals surface area contributed by atoms with Crippen molar-refractivity contribution in [3.63, 3.8) is 0 Å². The average Bonchev–Trinajstić information content (AvgIpc) is 2.72. The number of hydrogen-bond donors (Lipinski definition) is 0. The number of hydrogen-bond acceptors (Lipinski definition) is 4. The van der Waals surface area contributed by atoms with E-state index >= 15 is 0 Å². The molecule has 0 saturated carbocycles. The SMILES string of the molecule is C[C@H](C(=O)c1ccccc1)N(C(=O)c1ccc(Cl)c(Cl)c1)N1C(=O)CCCC1=O. The number of amides is 3. The van der Waals surface area contributed by atoms with Gasteiger partial charge in [0.25, 0.3) is 5.91 Å². The second-order valence-corrected chi connectivity index (χ2v) is 7.45. The first-order valence-electron chi connectivity index (χ1n) is 9.05. The molecule has 0 spiro atoms. The summed E-state index contributed by atoms with van der Waals surface area (Å²) in [4.78, 5) is 51.3. The van der Waals surface area contributed by atoms with Gasteiger partial charge in [-0.05, 0) is 31.5 Å². The second kappa shape index (κ2) is 8.76. The van der Waals surface area contributed by atoms with Gasteiger partial charge in [0.15, 0.2) is 5.78 Å². The molecule has 0 N–H and O–H groups in total. The molecule has 0 aromatic heterocycles. The summed E-state index contributed by atoms with van der Waals surface area (Å²) in [5.41, 5.74) is 0.474. The third-order valence-corrected chi connectivity index (χ3v) is 5.39. The van der Waals surface area contributed by atoms with E-state index < -0.39 is 29.5 Å². The van der Waals surface area contributed by atoms with Crippen molar-refractivity contribution in [2.45, 2.75) is 32.2 Å². The molecule has 0 radical (unpaired) electrons. The number of Topliss-reactive ketones (excluding diaryl/α,β-unsaturated/α-hetero) is 1. The average molecular weight is 433 g/mol. The third kappa shape index (κ3) is 4.33. The molecule has 8 heteroatoms. The standard InChI is InChI=1S/C21H18Cl2N2O4/c1-13(20(28)14-6-3-2-4-7-14)24(25-18(26)8-5-9-19(25)27)21(29)15-10-11-16(22)17(23)12-15/h2-4,6-7,10-13H,5,8-9H2,1H3/t13-/m1/s1. The largest absolute Gasteiger partial charge is 0.292 e. The molecule has 3 rings (SSSR count). The fourth-order valence-corrected chi connectivity index (χ4v) is 3.44. The fraction of sp³-hybridized carbons (Fsp3) is 0.238. The Labute approximate surface area is 178 Å². The van der Waals surface area contributed by atoms with Crippen molar-refractivity contribution >= 4 is 46.7 Å². The van der Waals surface area contributed by atoms with Gasteiger partial charge >= 0.3 is 0 Å². The van der Waals surface area contributed by atoms with E-state index in [0.717, 1.165) is 10.0 Å². The van der Waals surface area contributed by atoms with Crippen molar-refractivity contribution < 1.29 is 19.2 Å². The van der Waals surface area contributed by atoms with E-state index in [1.807, 2.05) is 0 Å². The molecular weight excluding hydrogens is 415 g/mol. The molecule has 3 amide bonds. The number of imide groups is 1. The van der Waals surface area contributed by atoms with Crippen LogP contribution in [0.1, 0.15) is 46.9 Å². The van der Waals surface area contributed by atoms with Crippen molar-refractivity contribution in [3.8, 4) is 0 Å². The van der Waals surface area contributed by atoms with Crippen molar-refractivity contribution in [3.05, 3.63) is 69.7 Å². The van der Waals surface area contributed by atoms with Crippen molar-refractivity contribution in [1.82, 2.24) is 10.0 Å². The van der Waals surface area contributed by atoms with Crippen LogP contribution in [0.5, 0.6) is 0 Å². The predicted octanol–water partition coefficient (Wildman–Crippen LogP) is 4.16. The molecule has 1 aliphatic rings. The molecule has 1 atom stereocenters. The molecule has 0 bridgehead atoms. The van der Waals surface area contributed by atoms with Crippen LogP contribution in [0.25, 0.3) is 0 Å². The molecule has 1 aliphatic heterocycles. The molecule has 1 fully saturated rings. The van der Waals surface area contributed by atoms with E-state index in [1.165, 1.54) is 25.1 Å². The van der Waals surface area contributed by atoms with E-state index in [1.54, 1.807) is 30.3 Å². The van der Waals surface area contributed by atoms with Gasteiger partial charge < -0.3 is 0 Å². The lowest BCUT2D eigenvalue weighted by Crippen LogP contribution is -2.59. The highest BCUT2D eigenvalue weighted by molar-refractivity contribution is 6.42. The normalized spacial score (nSPS) is 15.2. The Balaban J connectivity index is 2.04. The Morgan fingerprint density at radius 1 is 0.931 bits per heavy atom. The van der Waals surface area contributed by atoms with Gasteiger partial charge in [0.2, 0.25) is 11.8 Å². The highest BCUT2D eigenvalue weighted by Gasteiger charge is 2.40. The minimum atomic E-state index is -1.09. The van der Waals surface area contributed by atoms with Crippen molar-refractivity contribution in [1.29, 1.82) is 0 Å². The maximum absolute atomic E-state index is 13.3. The zero-order valence-corrected chi connectivity index (χ0v) is 17.1. The van der Waals surface area contributed by atoms with E-state index in [-0.39, 0.29) is 28.5 Å². The monoisotopic (exact) mass is 432 g/mol. The van der Waals surface area contributed by atoms with Crippen LogP contribution < -0.4 is 0 Å². The van der Waals surface area contributed by atoms with Gasteiger partial charge in [-0.15, -0.1) is 0 Å². The number of carbonyl (C=O) groups is 4. The summed E-state index contributed by atoms with van der Waals surface area (Å²) < 4.78 is 0. The van der Waals surface area contributed by atoms with Crippen LogP contribution in [0.15, 0.2) is 48.5 Å². The highest BCUT2D eigenvalue weighted by atomic mass is 35.5. The predicted molar refractivity (Wildman–Crippen MR) is 109 cm³/mol. The van der Waals surface area contributed by atoms with Gasteiger partial charge in [0.05, 0.1) is 10.0 Å². The number of benzene rings is 2. The third-order valence-electron chi connectivity index (χ3n) is 4.65. The van der Waals surface area contributed by atoms with Crippen LogP contribution in [0.4, 0.5) is 0 Å². The molecule has 1 heterocycles. The Morgan fingerprint density at radius 3 is 2.14 bits per heavy atom. The maximum Gasteiger partial charge on any atom is 0.273 e. The topological polar surface area (TPSA) is 74.8 Å². The summed E-state index contributed by atoms with van der Waals surface area (Å²) in [6.45, 7) is 1.49. The number of ketones is 1. The summed E-state index contributed by atoms with van der Waals surface area (Å²) >= 11 is 11.9. The lowest BCUT2D eigenvalue weighted by atomic mass is 10.0. The molecule has 0 unspecified atom stereocenters. The van der Waals surface area contributed by atoms with Gasteiger partial charge in [-0.25, -0.2) is 5.01 Å². The van der Waals surface area contributed by atoms with E-state index in [4.69, 9.17) is 23.2 Å². The molecule has 29 heavy (non-hydrogen) atoms. The summed E-state index contributed by atoms with van der Waals surface area (Å²) in [6.07, 6.45) is 0.635. The molecule has 6 nitrogen and oxygen atoms in total. The smallest absolute Gasteiger partial charge is 0.273 e. The maximum atomic E-state index is 13.3. The number of rotatable bonds is 5. The molecule has 150 valence electrons. The summed E-state index contributed by atoms with van der Waals surface area (Å²) in [7, 11) is 0. The minimum Gasteiger partial charge on any atom is -0.292 e. The molecule has 0 aliphatic carbocycles. The van der Waals surface area contributed by atoms with Crippen molar-refractivity contribution in [2.75, 3.05) is 0 Å². The Morgan fingerprint density at radius 2 is 1.55 bits per heavy atom. The van der Waals surface area contributed by atoms with E-state index in [2.05, 4.69) is 0 Å². The lowest BCUT2D eigenvalue weighted by molar-refractivity contribution is -0.165. The number of piperidine rings is 1. The highest BCUT2D eigenvalue weighted by Crippen LogP contribution is 2.26. The summed E-state index contributed by atoms with van der Waals surface area (Å²) in [5.74, 6) is -2.14. The number of nitrogens with zero attached hydrogens (tertiary/aromatic N) is 2. The van der Waals surface area contributed by atoms with Crippen LogP contribution in [0, 0.1) is 0 Å². The number of carbonyl (C=O) groups excluding carboxylic acids is 4. The van der Waals surface area contributed by atoms with E-state index in [9.17, 15) is 19.2 Å². The van der Waals surface area contributed by atoms with Gasteiger partial charge in [-0.2, -0.15) is 5.01 Å². The number of hydrazine groups is 1. The minimum absolute atomic E-state index is 0.110. The van der Waals surface area contributed by atoms with Gasteiger partial charge in [0, 0.05) is 24.0 Å². The summed E-state index contributed by atoms with van der Waals surface area (Å²) in [6, 6.07) is 11.5. The van der Waals surface area contributed by atoms with Crippen LogP contribution >= 0.6 is 23.2 Å². The zero-order valence-electron chi connectivity index (χ0n) is 15.6. The van der Waals surface area contributed by atoms with Crippen LogP contribution in [0.2, 0.25) is 10.0 Å². The lowest BCUT2D eigenvalue weighted by Gasteiger charge is -2.38. The molecule has 2 aromatic carbocycles. The van der Waals surface area contributed by atoms with Gasteiger partial charge in [-0.1, -0.05) is 53.5 Å². The first kappa shape index (κ1) is 21.0. The van der Waals surface area contributed by atoms with Crippen LogP contribution in [0.3, 0.4) is 0 Å².